The van der Waals surface area contributed by atoms with E-state index < -0.39 is 0 Å². The van der Waals surface area contributed by atoms with Gasteiger partial charge >= 0.3 is 0 Å². The normalized spacial score (nSPS) is 10.1. The summed E-state index contributed by atoms with van der Waals surface area (Å²) in [5.74, 6) is 1.16. The summed E-state index contributed by atoms with van der Waals surface area (Å²) in [6.45, 7) is 0. The van der Waals surface area contributed by atoms with Crippen molar-refractivity contribution in [2.75, 3.05) is 0 Å². The second-order valence-electron chi connectivity index (χ2n) is 3.51. The molecule has 0 fully saturated rings. The van der Waals surface area contributed by atoms with E-state index in [4.69, 9.17) is 21.4 Å². The van der Waals surface area contributed by atoms with Crippen molar-refractivity contribution in [1.82, 2.24) is 10.1 Å². The molecular weight excluding hydrogens is 264 g/mol. The van der Waals surface area contributed by atoms with E-state index in [1.165, 1.54) is 0 Å². The fraction of sp³-hybridized carbons (Fsp3) is 0.0909. The Bertz CT molecular complexity index is 590. The molecule has 1 aromatic carbocycles. The molecule has 2 rings (SSSR count). The van der Waals surface area contributed by atoms with Gasteiger partial charge in [-0.25, -0.2) is 0 Å². The lowest BCUT2D eigenvalue weighted by atomic mass is 10.2. The number of hydrogen-bond donors (Lipinski definition) is 3. The minimum atomic E-state index is -0.143. The highest BCUT2D eigenvalue weighted by molar-refractivity contribution is 8.13. The first-order chi connectivity index (χ1) is 9.15. The van der Waals surface area contributed by atoms with E-state index in [9.17, 15) is 0 Å². The summed E-state index contributed by atoms with van der Waals surface area (Å²) in [5.41, 5.74) is 11.2. The Morgan fingerprint density at radius 2 is 2.05 bits per heavy atom. The third-order valence-electron chi connectivity index (χ3n) is 2.06. The molecule has 0 unspecified atom stereocenters. The number of nitrogens with two attached hydrogens (primary N) is 2. The summed E-state index contributed by atoms with van der Waals surface area (Å²) in [7, 11) is 0. The number of aromatic nitrogens is 2. The van der Waals surface area contributed by atoms with Crippen LogP contribution >= 0.6 is 11.8 Å². The third kappa shape index (κ3) is 3.81. The van der Waals surface area contributed by atoms with Crippen LogP contribution in [0.5, 0.6) is 0 Å². The van der Waals surface area contributed by atoms with E-state index in [-0.39, 0.29) is 11.1 Å². The SMILES string of the molecule is N=C(N=C(N)N)SCc1noc(-c2ccccc2)n1. The molecule has 7 nitrogen and oxygen atoms in total. The molecule has 0 bridgehead atoms. The number of nitrogens with one attached hydrogen (secondary N) is 1. The van der Waals surface area contributed by atoms with E-state index in [0.29, 0.717) is 17.5 Å². The van der Waals surface area contributed by atoms with Crippen LogP contribution in [-0.4, -0.2) is 21.3 Å². The Morgan fingerprint density at radius 3 is 2.74 bits per heavy atom. The van der Waals surface area contributed by atoms with E-state index in [1.807, 2.05) is 30.3 Å². The standard InChI is InChI=1S/C11H12N6OS/c12-10(13)16-11(14)19-6-8-15-9(18-17-8)7-4-2-1-3-5-7/h1-5H,6H2,(H5,12,13,14,16). The van der Waals surface area contributed by atoms with Crippen LogP contribution in [0.1, 0.15) is 5.82 Å². The minimum Gasteiger partial charge on any atom is -0.370 e. The van der Waals surface area contributed by atoms with Gasteiger partial charge < -0.3 is 16.0 Å². The zero-order chi connectivity index (χ0) is 13.7. The fourth-order valence-electron chi connectivity index (χ4n) is 1.29. The van der Waals surface area contributed by atoms with E-state index in [1.54, 1.807) is 0 Å². The smallest absolute Gasteiger partial charge is 0.257 e. The summed E-state index contributed by atoms with van der Waals surface area (Å²) < 4.78 is 5.13. The van der Waals surface area contributed by atoms with Gasteiger partial charge in [-0.3, -0.25) is 5.41 Å². The van der Waals surface area contributed by atoms with Gasteiger partial charge in [0.2, 0.25) is 0 Å². The van der Waals surface area contributed by atoms with E-state index >= 15 is 0 Å². The average molecular weight is 276 g/mol. The molecule has 0 amide bonds. The van der Waals surface area contributed by atoms with Crippen molar-refractivity contribution in [1.29, 1.82) is 5.41 Å². The average Bonchev–Trinajstić information content (AvgIpc) is 2.85. The number of benzene rings is 1. The third-order valence-corrected chi connectivity index (χ3v) is 2.82. The lowest BCUT2D eigenvalue weighted by Crippen LogP contribution is -2.23. The number of thioether (sulfide) groups is 1. The number of guanidine groups is 1. The van der Waals surface area contributed by atoms with Gasteiger partial charge in [-0.2, -0.15) is 9.98 Å². The van der Waals surface area contributed by atoms with Gasteiger partial charge in [-0.05, 0) is 12.1 Å². The van der Waals surface area contributed by atoms with Gasteiger partial charge in [0.25, 0.3) is 5.89 Å². The lowest BCUT2D eigenvalue weighted by Gasteiger charge is -1.94. The molecule has 98 valence electrons. The molecule has 0 aliphatic rings. The van der Waals surface area contributed by atoms with Crippen LogP contribution in [0.3, 0.4) is 0 Å². The summed E-state index contributed by atoms with van der Waals surface area (Å²) in [5, 5.41) is 11.3. The second kappa shape index (κ2) is 6.01. The van der Waals surface area contributed by atoms with E-state index in [0.717, 1.165) is 17.3 Å². The van der Waals surface area contributed by atoms with Gasteiger partial charge in [0.05, 0.1) is 5.75 Å². The van der Waals surface area contributed by atoms with Crippen LogP contribution < -0.4 is 11.5 Å². The first-order valence-electron chi connectivity index (χ1n) is 5.34. The minimum absolute atomic E-state index is 0.00561. The Hall–Kier alpha value is -2.35. The molecule has 0 saturated heterocycles. The number of amidine groups is 1. The summed E-state index contributed by atoms with van der Waals surface area (Å²) in [6.07, 6.45) is 0. The van der Waals surface area contributed by atoms with Crippen molar-refractivity contribution in [3.05, 3.63) is 36.2 Å². The van der Waals surface area contributed by atoms with Crippen molar-refractivity contribution >= 4 is 22.9 Å². The highest BCUT2D eigenvalue weighted by Gasteiger charge is 2.09. The molecule has 0 saturated carbocycles. The molecule has 0 aliphatic heterocycles. The zero-order valence-corrected chi connectivity index (χ0v) is 10.7. The van der Waals surface area contributed by atoms with Crippen molar-refractivity contribution in [3.63, 3.8) is 0 Å². The van der Waals surface area contributed by atoms with Crippen LogP contribution in [0.25, 0.3) is 11.5 Å². The molecule has 19 heavy (non-hydrogen) atoms. The number of hydrogen-bond acceptors (Lipinski definition) is 5. The Kier molecular flexibility index (Phi) is 4.14. The molecule has 0 radical (unpaired) electrons. The van der Waals surface area contributed by atoms with E-state index in [2.05, 4.69) is 15.1 Å². The zero-order valence-electron chi connectivity index (χ0n) is 9.91. The lowest BCUT2D eigenvalue weighted by molar-refractivity contribution is 0.425. The first-order valence-corrected chi connectivity index (χ1v) is 6.32. The van der Waals surface area contributed by atoms with Crippen molar-refractivity contribution in [3.8, 4) is 11.5 Å². The largest absolute Gasteiger partial charge is 0.370 e. The molecule has 0 aliphatic carbocycles. The van der Waals surface area contributed by atoms with Crippen molar-refractivity contribution in [2.45, 2.75) is 5.75 Å². The first kappa shape index (κ1) is 13.1. The Labute approximate surface area is 113 Å². The van der Waals surface area contributed by atoms with Crippen LogP contribution in [-0.2, 0) is 5.75 Å². The quantitative estimate of drug-likeness (QED) is 0.570. The summed E-state index contributed by atoms with van der Waals surface area (Å²) in [4.78, 5) is 7.82. The van der Waals surface area contributed by atoms with Crippen molar-refractivity contribution < 1.29 is 4.52 Å². The molecule has 1 aromatic heterocycles. The maximum atomic E-state index is 7.47. The Balaban J connectivity index is 1.99. The molecular formula is C11H12N6OS. The number of nitrogens with zero attached hydrogens (tertiary/aromatic N) is 3. The predicted octanol–water partition coefficient (Wildman–Crippen LogP) is 1.18. The predicted molar refractivity (Wildman–Crippen MR) is 74.6 cm³/mol. The van der Waals surface area contributed by atoms with Gasteiger partial charge in [0.15, 0.2) is 17.0 Å². The topological polar surface area (TPSA) is 127 Å². The highest BCUT2D eigenvalue weighted by Crippen LogP contribution is 2.18. The second-order valence-corrected chi connectivity index (χ2v) is 4.48. The summed E-state index contributed by atoms with van der Waals surface area (Å²) in [6, 6.07) is 9.45. The monoisotopic (exact) mass is 276 g/mol. The van der Waals surface area contributed by atoms with Crippen molar-refractivity contribution in [2.24, 2.45) is 16.5 Å². The number of rotatable bonds is 3. The Morgan fingerprint density at radius 1 is 1.32 bits per heavy atom. The van der Waals surface area contributed by atoms with Gasteiger partial charge in [0.1, 0.15) is 0 Å². The number of aliphatic imine (C=N–C) groups is 1. The fourth-order valence-corrected chi connectivity index (χ4v) is 1.85. The molecule has 2 aromatic rings. The van der Waals surface area contributed by atoms with Crippen LogP contribution in [0, 0.1) is 5.41 Å². The van der Waals surface area contributed by atoms with Crippen LogP contribution in [0.15, 0.2) is 39.8 Å². The van der Waals surface area contributed by atoms with Gasteiger partial charge in [0, 0.05) is 5.56 Å². The maximum absolute atomic E-state index is 7.47. The molecule has 8 heteroatoms. The van der Waals surface area contributed by atoms with Gasteiger partial charge in [-0.15, -0.1) is 0 Å². The molecule has 1 heterocycles. The summed E-state index contributed by atoms with van der Waals surface area (Å²) >= 11 is 1.12. The van der Waals surface area contributed by atoms with Crippen LogP contribution in [0.4, 0.5) is 0 Å². The molecule has 0 spiro atoms. The molecule has 5 N–H and O–H groups in total. The maximum Gasteiger partial charge on any atom is 0.257 e. The molecule has 0 atom stereocenters. The highest BCUT2D eigenvalue weighted by atomic mass is 32.2. The van der Waals surface area contributed by atoms with Crippen LogP contribution in [0.2, 0.25) is 0 Å². The van der Waals surface area contributed by atoms with Gasteiger partial charge in [-0.1, -0.05) is 35.1 Å².